The molecule has 1 aromatic heterocycles. The Kier molecular flexibility index (Phi) is 5.20. The van der Waals surface area contributed by atoms with E-state index in [2.05, 4.69) is 23.3 Å². The second-order valence-corrected chi connectivity index (χ2v) is 5.16. The zero-order chi connectivity index (χ0) is 13.7. The molecule has 2 rings (SSSR count). The normalized spacial score (nSPS) is 12.4. The van der Waals surface area contributed by atoms with E-state index in [0.717, 1.165) is 18.5 Å². The van der Waals surface area contributed by atoms with Gasteiger partial charge in [0.05, 0.1) is 10.0 Å². The first-order valence-corrected chi connectivity index (χ1v) is 7.03. The van der Waals surface area contributed by atoms with Gasteiger partial charge in [-0.05, 0) is 42.3 Å². The van der Waals surface area contributed by atoms with E-state index in [1.54, 1.807) is 6.20 Å². The molecule has 0 spiro atoms. The van der Waals surface area contributed by atoms with Crippen LogP contribution in [0.15, 0.2) is 42.7 Å². The molecular formula is C15H16Cl2N2. The number of pyridine rings is 1. The highest BCUT2D eigenvalue weighted by atomic mass is 35.5. The minimum Gasteiger partial charge on any atom is -0.310 e. The van der Waals surface area contributed by atoms with Crippen LogP contribution >= 0.6 is 23.2 Å². The van der Waals surface area contributed by atoms with E-state index < -0.39 is 0 Å². The molecule has 0 aliphatic rings. The molecule has 0 amide bonds. The van der Waals surface area contributed by atoms with Crippen molar-refractivity contribution in [2.45, 2.75) is 19.4 Å². The minimum atomic E-state index is 0.232. The standard InChI is InChI=1S/C15H16Cl2N2/c1-2-19-15(12-4-3-7-18-10-12)9-11-5-6-13(16)14(17)8-11/h3-8,10,15,19H,2,9H2,1H3. The molecule has 19 heavy (non-hydrogen) atoms. The largest absolute Gasteiger partial charge is 0.310 e. The SMILES string of the molecule is CCNC(Cc1ccc(Cl)c(Cl)c1)c1cccnc1. The van der Waals surface area contributed by atoms with E-state index >= 15 is 0 Å². The van der Waals surface area contributed by atoms with Crippen molar-refractivity contribution < 1.29 is 0 Å². The van der Waals surface area contributed by atoms with Crippen LogP contribution in [0.4, 0.5) is 0 Å². The first kappa shape index (κ1) is 14.3. The lowest BCUT2D eigenvalue weighted by molar-refractivity contribution is 0.548. The number of nitrogens with zero attached hydrogens (tertiary/aromatic N) is 1. The first-order valence-electron chi connectivity index (χ1n) is 6.28. The lowest BCUT2D eigenvalue weighted by Crippen LogP contribution is -2.23. The molecule has 0 aliphatic carbocycles. The van der Waals surface area contributed by atoms with Gasteiger partial charge < -0.3 is 5.32 Å². The maximum absolute atomic E-state index is 6.06. The van der Waals surface area contributed by atoms with E-state index in [1.165, 1.54) is 5.56 Å². The fourth-order valence-electron chi connectivity index (χ4n) is 2.04. The lowest BCUT2D eigenvalue weighted by Gasteiger charge is -2.18. The van der Waals surface area contributed by atoms with Gasteiger partial charge in [0.25, 0.3) is 0 Å². The van der Waals surface area contributed by atoms with Gasteiger partial charge in [0, 0.05) is 18.4 Å². The second-order valence-electron chi connectivity index (χ2n) is 4.35. The predicted octanol–water partition coefficient (Wildman–Crippen LogP) is 4.28. The van der Waals surface area contributed by atoms with Gasteiger partial charge in [0.2, 0.25) is 0 Å². The van der Waals surface area contributed by atoms with Crippen molar-refractivity contribution in [3.63, 3.8) is 0 Å². The van der Waals surface area contributed by atoms with Gasteiger partial charge in [0.1, 0.15) is 0 Å². The fourth-order valence-corrected chi connectivity index (χ4v) is 2.36. The van der Waals surface area contributed by atoms with Crippen molar-refractivity contribution in [2.24, 2.45) is 0 Å². The van der Waals surface area contributed by atoms with Crippen LogP contribution in [-0.4, -0.2) is 11.5 Å². The van der Waals surface area contributed by atoms with E-state index in [1.807, 2.05) is 30.5 Å². The van der Waals surface area contributed by atoms with E-state index in [4.69, 9.17) is 23.2 Å². The van der Waals surface area contributed by atoms with Crippen LogP contribution in [0.1, 0.15) is 24.1 Å². The third-order valence-corrected chi connectivity index (χ3v) is 3.70. The number of likely N-dealkylation sites (N-methyl/N-ethyl adjacent to an activating group) is 1. The molecule has 1 atom stereocenters. The summed E-state index contributed by atoms with van der Waals surface area (Å²) in [5.41, 5.74) is 2.33. The number of halogens is 2. The zero-order valence-electron chi connectivity index (χ0n) is 10.7. The molecule has 0 fully saturated rings. The van der Waals surface area contributed by atoms with Crippen LogP contribution in [-0.2, 0) is 6.42 Å². The number of rotatable bonds is 5. The Bertz CT molecular complexity index is 529. The molecule has 1 N–H and O–H groups in total. The lowest BCUT2D eigenvalue weighted by atomic mass is 10.0. The number of hydrogen-bond acceptors (Lipinski definition) is 2. The third kappa shape index (κ3) is 3.93. The first-order chi connectivity index (χ1) is 9.20. The molecule has 0 saturated carbocycles. The highest BCUT2D eigenvalue weighted by Crippen LogP contribution is 2.25. The summed E-state index contributed by atoms with van der Waals surface area (Å²) in [6.45, 7) is 3.00. The molecule has 1 heterocycles. The number of hydrogen-bond donors (Lipinski definition) is 1. The van der Waals surface area contributed by atoms with Gasteiger partial charge >= 0.3 is 0 Å². The molecule has 4 heteroatoms. The van der Waals surface area contributed by atoms with Crippen LogP contribution in [0, 0.1) is 0 Å². The van der Waals surface area contributed by atoms with Crippen molar-refractivity contribution >= 4 is 23.2 Å². The molecule has 2 aromatic rings. The van der Waals surface area contributed by atoms with Gasteiger partial charge in [-0.15, -0.1) is 0 Å². The molecular weight excluding hydrogens is 279 g/mol. The molecule has 2 nitrogen and oxygen atoms in total. The number of aromatic nitrogens is 1. The van der Waals surface area contributed by atoms with Crippen molar-refractivity contribution in [3.8, 4) is 0 Å². The number of benzene rings is 1. The molecule has 0 radical (unpaired) electrons. The number of nitrogens with one attached hydrogen (secondary N) is 1. The van der Waals surface area contributed by atoms with Gasteiger partial charge in [-0.25, -0.2) is 0 Å². The zero-order valence-corrected chi connectivity index (χ0v) is 12.2. The Morgan fingerprint density at radius 3 is 2.68 bits per heavy atom. The molecule has 0 bridgehead atoms. The molecule has 100 valence electrons. The van der Waals surface area contributed by atoms with Gasteiger partial charge in [-0.2, -0.15) is 0 Å². The van der Waals surface area contributed by atoms with Gasteiger partial charge in [-0.1, -0.05) is 42.3 Å². The highest BCUT2D eigenvalue weighted by Gasteiger charge is 2.12. The van der Waals surface area contributed by atoms with Crippen LogP contribution in [0.25, 0.3) is 0 Å². The molecule has 0 saturated heterocycles. The average molecular weight is 295 g/mol. The van der Waals surface area contributed by atoms with Crippen LogP contribution < -0.4 is 5.32 Å². The Morgan fingerprint density at radius 2 is 2.05 bits per heavy atom. The minimum absolute atomic E-state index is 0.232. The molecule has 0 aliphatic heterocycles. The van der Waals surface area contributed by atoms with Crippen molar-refractivity contribution in [1.29, 1.82) is 0 Å². The van der Waals surface area contributed by atoms with E-state index in [9.17, 15) is 0 Å². The quantitative estimate of drug-likeness (QED) is 0.890. The summed E-state index contributed by atoms with van der Waals surface area (Å²) in [5.74, 6) is 0. The Labute approximate surface area is 123 Å². The predicted molar refractivity (Wildman–Crippen MR) is 80.8 cm³/mol. The van der Waals surface area contributed by atoms with Crippen molar-refractivity contribution in [1.82, 2.24) is 10.3 Å². The van der Waals surface area contributed by atoms with Crippen LogP contribution in [0.3, 0.4) is 0 Å². The Hall–Kier alpha value is -1.09. The average Bonchev–Trinajstić information content (AvgIpc) is 2.43. The summed E-state index contributed by atoms with van der Waals surface area (Å²) < 4.78 is 0. The summed E-state index contributed by atoms with van der Waals surface area (Å²) >= 11 is 12.0. The summed E-state index contributed by atoms with van der Waals surface area (Å²) in [4.78, 5) is 4.17. The van der Waals surface area contributed by atoms with Crippen LogP contribution in [0.2, 0.25) is 10.0 Å². The topological polar surface area (TPSA) is 24.9 Å². The van der Waals surface area contributed by atoms with E-state index in [0.29, 0.717) is 10.0 Å². The van der Waals surface area contributed by atoms with Crippen molar-refractivity contribution in [2.75, 3.05) is 6.54 Å². The smallest absolute Gasteiger partial charge is 0.0595 e. The maximum atomic E-state index is 6.06. The maximum Gasteiger partial charge on any atom is 0.0595 e. The Balaban J connectivity index is 2.19. The summed E-state index contributed by atoms with van der Waals surface area (Å²) in [6.07, 6.45) is 4.53. The summed E-state index contributed by atoms with van der Waals surface area (Å²) in [6, 6.07) is 10.0. The van der Waals surface area contributed by atoms with Gasteiger partial charge in [0.15, 0.2) is 0 Å². The Morgan fingerprint density at radius 1 is 1.21 bits per heavy atom. The van der Waals surface area contributed by atoms with Crippen molar-refractivity contribution in [3.05, 3.63) is 63.9 Å². The monoisotopic (exact) mass is 294 g/mol. The fraction of sp³-hybridized carbons (Fsp3) is 0.267. The summed E-state index contributed by atoms with van der Waals surface area (Å²) in [5, 5.41) is 4.65. The highest BCUT2D eigenvalue weighted by molar-refractivity contribution is 6.42. The molecule has 1 aromatic carbocycles. The van der Waals surface area contributed by atoms with E-state index in [-0.39, 0.29) is 6.04 Å². The van der Waals surface area contributed by atoms with Gasteiger partial charge in [-0.3, -0.25) is 4.98 Å². The van der Waals surface area contributed by atoms with Crippen LogP contribution in [0.5, 0.6) is 0 Å². The molecule has 1 unspecified atom stereocenters. The third-order valence-electron chi connectivity index (χ3n) is 2.96. The second kappa shape index (κ2) is 6.90. The summed E-state index contributed by atoms with van der Waals surface area (Å²) in [7, 11) is 0.